The second-order valence-electron chi connectivity index (χ2n) is 7.75. The highest BCUT2D eigenvalue weighted by molar-refractivity contribution is 7.91. The van der Waals surface area contributed by atoms with Gasteiger partial charge in [-0.05, 0) is 32.4 Å². The van der Waals surface area contributed by atoms with Gasteiger partial charge in [-0.1, -0.05) is 0 Å². The monoisotopic (exact) mass is 455 g/mol. The molecule has 0 bridgehead atoms. The summed E-state index contributed by atoms with van der Waals surface area (Å²) in [6.45, 7) is 3.24. The number of carbonyl (C=O) groups excluding carboxylic acids is 1. The van der Waals surface area contributed by atoms with Crippen LogP contribution < -0.4 is 5.56 Å². The Morgan fingerprint density at radius 1 is 1.23 bits per heavy atom. The number of pyridine rings is 1. The molecule has 0 radical (unpaired) electrons. The normalized spacial score (nSPS) is 18.8. The molecule has 2 aromatic heterocycles. The highest BCUT2D eigenvalue weighted by Crippen LogP contribution is 2.29. The minimum atomic E-state index is -3.75. The van der Waals surface area contributed by atoms with Gasteiger partial charge in [0.1, 0.15) is 0 Å². The van der Waals surface area contributed by atoms with Gasteiger partial charge in [0.2, 0.25) is 10.0 Å². The zero-order valence-electron chi connectivity index (χ0n) is 17.3. The second-order valence-corrected chi connectivity index (χ2v) is 12.1. The van der Waals surface area contributed by atoms with E-state index >= 15 is 0 Å². The van der Waals surface area contributed by atoms with E-state index in [2.05, 4.69) is 0 Å². The zero-order valence-corrected chi connectivity index (χ0v) is 19.0. The van der Waals surface area contributed by atoms with Crippen LogP contribution >= 0.6 is 0 Å². The largest absolute Gasteiger partial charge is 0.344 e. The number of rotatable bonds is 6. The minimum absolute atomic E-state index is 0.0425. The lowest BCUT2D eigenvalue weighted by molar-refractivity contribution is 0.0969. The second kappa shape index (κ2) is 7.78. The minimum Gasteiger partial charge on any atom is -0.344 e. The topological polar surface area (TPSA) is 116 Å². The van der Waals surface area contributed by atoms with Gasteiger partial charge in [0, 0.05) is 49.4 Å². The van der Waals surface area contributed by atoms with Gasteiger partial charge in [-0.25, -0.2) is 21.1 Å². The zero-order chi connectivity index (χ0) is 22.4. The molecule has 0 aromatic carbocycles. The van der Waals surface area contributed by atoms with Crippen LogP contribution in [0.4, 0.5) is 0 Å². The Balaban J connectivity index is 1.93. The van der Waals surface area contributed by atoms with Gasteiger partial charge in [0.05, 0.1) is 22.9 Å². The molecule has 3 heterocycles. The first-order valence-electron chi connectivity index (χ1n) is 9.38. The molecule has 0 spiro atoms. The van der Waals surface area contributed by atoms with Crippen molar-refractivity contribution in [2.24, 2.45) is 0 Å². The summed E-state index contributed by atoms with van der Waals surface area (Å²) in [5.74, 6) is -0.182. The van der Waals surface area contributed by atoms with Crippen molar-refractivity contribution in [3.63, 3.8) is 0 Å². The molecule has 1 atom stereocenters. The van der Waals surface area contributed by atoms with Crippen LogP contribution in [-0.4, -0.2) is 61.7 Å². The Morgan fingerprint density at radius 3 is 2.47 bits per heavy atom. The number of aromatic nitrogens is 2. The Kier molecular flexibility index (Phi) is 5.82. The van der Waals surface area contributed by atoms with E-state index in [0.717, 1.165) is 26.8 Å². The van der Waals surface area contributed by atoms with Crippen LogP contribution in [0.15, 0.2) is 34.1 Å². The molecule has 1 saturated heterocycles. The van der Waals surface area contributed by atoms with Gasteiger partial charge in [0.15, 0.2) is 15.6 Å². The van der Waals surface area contributed by atoms with Crippen LogP contribution in [0, 0.1) is 13.8 Å². The molecule has 1 aliphatic heterocycles. The lowest BCUT2D eigenvalue weighted by atomic mass is 10.1. The van der Waals surface area contributed by atoms with E-state index in [1.165, 1.54) is 20.2 Å². The third kappa shape index (κ3) is 4.14. The maximum atomic E-state index is 12.9. The molecule has 0 aliphatic carbocycles. The van der Waals surface area contributed by atoms with Crippen molar-refractivity contribution in [3.05, 3.63) is 51.7 Å². The molecule has 0 N–H and O–H groups in total. The number of aryl methyl sites for hydroxylation is 1. The van der Waals surface area contributed by atoms with E-state index in [1.807, 2.05) is 11.5 Å². The van der Waals surface area contributed by atoms with Gasteiger partial charge < -0.3 is 9.13 Å². The fraction of sp³-hybridized carbons (Fsp3) is 0.474. The fourth-order valence-electron chi connectivity index (χ4n) is 3.84. The summed E-state index contributed by atoms with van der Waals surface area (Å²) in [6.07, 6.45) is 1.66. The van der Waals surface area contributed by atoms with Crippen molar-refractivity contribution >= 4 is 25.6 Å². The van der Waals surface area contributed by atoms with Crippen LogP contribution in [0.25, 0.3) is 0 Å². The molecular weight excluding hydrogens is 430 g/mol. The van der Waals surface area contributed by atoms with Crippen LogP contribution in [0.1, 0.15) is 34.2 Å². The molecule has 1 fully saturated rings. The number of hydrogen-bond acceptors (Lipinski definition) is 6. The van der Waals surface area contributed by atoms with Gasteiger partial charge in [-0.3, -0.25) is 9.59 Å². The van der Waals surface area contributed by atoms with Crippen LogP contribution in [0.2, 0.25) is 0 Å². The van der Waals surface area contributed by atoms with E-state index in [-0.39, 0.29) is 34.8 Å². The average molecular weight is 456 g/mol. The summed E-state index contributed by atoms with van der Waals surface area (Å²) in [5, 5.41) is 0. The number of ketones is 1. The van der Waals surface area contributed by atoms with Crippen molar-refractivity contribution < 1.29 is 21.6 Å². The molecule has 0 unspecified atom stereocenters. The molecule has 0 amide bonds. The number of hydrogen-bond donors (Lipinski definition) is 0. The lowest BCUT2D eigenvalue weighted by Gasteiger charge is -2.16. The quantitative estimate of drug-likeness (QED) is 0.594. The SMILES string of the molecule is Cc1cc(C(=O)Cn2cc(S(=O)(=O)N(C)C)ccc2=O)c(C)n1[C@H]1CCS(=O)(=O)C1. The number of sulfonamides is 1. The van der Waals surface area contributed by atoms with Gasteiger partial charge in [0.25, 0.3) is 5.56 Å². The summed E-state index contributed by atoms with van der Waals surface area (Å²) in [4.78, 5) is 25.1. The van der Waals surface area contributed by atoms with Crippen molar-refractivity contribution in [2.75, 3.05) is 25.6 Å². The molecule has 11 heteroatoms. The van der Waals surface area contributed by atoms with Crippen LogP contribution in [0.3, 0.4) is 0 Å². The maximum absolute atomic E-state index is 12.9. The van der Waals surface area contributed by atoms with E-state index in [1.54, 1.807) is 13.0 Å². The molecule has 9 nitrogen and oxygen atoms in total. The number of sulfone groups is 1. The van der Waals surface area contributed by atoms with E-state index in [9.17, 15) is 26.4 Å². The first kappa shape index (κ1) is 22.4. The average Bonchev–Trinajstić information content (AvgIpc) is 3.14. The number of Topliss-reactive ketones (excluding diaryl/α,β-unsaturated/α-hetero) is 1. The van der Waals surface area contributed by atoms with Gasteiger partial charge >= 0.3 is 0 Å². The van der Waals surface area contributed by atoms with Crippen LogP contribution in [0.5, 0.6) is 0 Å². The predicted molar refractivity (Wildman–Crippen MR) is 112 cm³/mol. The molecule has 164 valence electrons. The van der Waals surface area contributed by atoms with Crippen molar-refractivity contribution in [1.82, 2.24) is 13.4 Å². The summed E-state index contributed by atoms with van der Waals surface area (Å²) >= 11 is 0. The first-order chi connectivity index (χ1) is 13.8. The Hall–Kier alpha value is -2.24. The Morgan fingerprint density at radius 2 is 1.90 bits per heavy atom. The number of carbonyl (C=O) groups is 1. The van der Waals surface area contributed by atoms with E-state index < -0.39 is 25.4 Å². The Bertz CT molecular complexity index is 1270. The molecule has 30 heavy (non-hydrogen) atoms. The van der Waals surface area contributed by atoms with Gasteiger partial charge in [-0.15, -0.1) is 0 Å². The van der Waals surface area contributed by atoms with Crippen molar-refractivity contribution in [3.8, 4) is 0 Å². The highest BCUT2D eigenvalue weighted by atomic mass is 32.2. The summed E-state index contributed by atoms with van der Waals surface area (Å²) < 4.78 is 52.3. The standard InChI is InChI=1S/C19H25N3O6S2/c1-13-9-17(14(2)22(13)15-7-8-29(25,26)12-15)18(23)11-21-10-16(5-6-19(21)24)30(27,28)20(3)4/h5-6,9-10,15H,7-8,11-12H2,1-4H3/t15-/m0/s1. The molecule has 1 aliphatic rings. The molecule has 2 aromatic rings. The summed E-state index contributed by atoms with van der Waals surface area (Å²) in [7, 11) is -4.06. The fourth-order valence-corrected chi connectivity index (χ4v) is 6.46. The summed E-state index contributed by atoms with van der Waals surface area (Å²) in [5.41, 5.74) is 1.32. The van der Waals surface area contributed by atoms with E-state index in [0.29, 0.717) is 17.7 Å². The smallest absolute Gasteiger partial charge is 0.251 e. The Labute approximate surface area is 175 Å². The third-order valence-electron chi connectivity index (χ3n) is 5.41. The summed E-state index contributed by atoms with van der Waals surface area (Å²) in [6, 6.07) is 3.81. The highest BCUT2D eigenvalue weighted by Gasteiger charge is 2.31. The van der Waals surface area contributed by atoms with Crippen LogP contribution in [-0.2, 0) is 26.4 Å². The van der Waals surface area contributed by atoms with Crippen molar-refractivity contribution in [2.45, 2.75) is 37.8 Å². The number of nitrogens with zero attached hydrogens (tertiary/aromatic N) is 3. The lowest BCUT2D eigenvalue weighted by Crippen LogP contribution is -2.27. The molecule has 3 rings (SSSR count). The van der Waals surface area contributed by atoms with Gasteiger partial charge in [-0.2, -0.15) is 0 Å². The first-order valence-corrected chi connectivity index (χ1v) is 12.6. The molecule has 0 saturated carbocycles. The predicted octanol–water partition coefficient (Wildman–Crippen LogP) is 0.759. The third-order valence-corrected chi connectivity index (χ3v) is 8.96. The molecular formula is C19H25N3O6S2. The van der Waals surface area contributed by atoms with Crippen molar-refractivity contribution in [1.29, 1.82) is 0 Å². The van der Waals surface area contributed by atoms with E-state index in [4.69, 9.17) is 0 Å². The maximum Gasteiger partial charge on any atom is 0.251 e.